The highest BCUT2D eigenvalue weighted by atomic mass is 16.5. The maximum atomic E-state index is 13.0. The molecule has 0 aliphatic carbocycles. The van der Waals surface area contributed by atoms with Gasteiger partial charge in [-0.05, 0) is 36.8 Å². The molecule has 0 aliphatic rings. The van der Waals surface area contributed by atoms with Crippen molar-refractivity contribution in [1.29, 1.82) is 0 Å². The third kappa shape index (κ3) is 2.48. The predicted molar refractivity (Wildman–Crippen MR) is 99.3 cm³/mol. The Balaban J connectivity index is 1.89. The van der Waals surface area contributed by atoms with Crippen LogP contribution in [0.1, 0.15) is 11.1 Å². The number of fused-ring (bicyclic) bond motifs is 3. The molecule has 2 aromatic carbocycles. The molecule has 0 bridgehead atoms. The Labute approximate surface area is 145 Å². The Bertz CT molecular complexity index is 1150. The summed E-state index contributed by atoms with van der Waals surface area (Å²) in [5.41, 5.74) is 3.78. The molecule has 0 spiro atoms. The molecule has 0 fully saturated rings. The molecule has 5 nitrogen and oxygen atoms in total. The quantitative estimate of drug-likeness (QED) is 0.578. The summed E-state index contributed by atoms with van der Waals surface area (Å²) < 4.78 is 8.71. The minimum Gasteiger partial charge on any atom is -0.497 e. The molecule has 25 heavy (non-hydrogen) atoms. The molecule has 0 saturated carbocycles. The summed E-state index contributed by atoms with van der Waals surface area (Å²) in [6.07, 6.45) is 1.79. The Morgan fingerprint density at radius 1 is 1.12 bits per heavy atom. The van der Waals surface area contributed by atoms with E-state index in [0.29, 0.717) is 12.1 Å². The van der Waals surface area contributed by atoms with Crippen LogP contribution in [0, 0.1) is 6.92 Å². The maximum Gasteiger partial charge on any atom is 0.291 e. The van der Waals surface area contributed by atoms with Gasteiger partial charge >= 0.3 is 0 Å². The predicted octanol–water partition coefficient (Wildman–Crippen LogP) is 3.25. The molecular weight excluding hydrogens is 314 g/mol. The minimum absolute atomic E-state index is 0.0864. The molecule has 0 atom stereocenters. The lowest BCUT2D eigenvalue weighted by atomic mass is 10.1. The zero-order valence-electron chi connectivity index (χ0n) is 14.5. The Hall–Kier alpha value is -3.08. The van der Waals surface area contributed by atoms with Crippen LogP contribution in [0.15, 0.2) is 53.5 Å². The standard InChI is InChI=1S/C20H19N3O2/c1-13-7-8-18-16(9-13)17-11-21-23(20(24)19(17)22(18)2)12-14-5-4-6-15(10-14)25-3/h4-11H,12H2,1-3H3. The first-order valence-corrected chi connectivity index (χ1v) is 8.16. The van der Waals surface area contributed by atoms with Gasteiger partial charge in [-0.3, -0.25) is 4.79 Å². The second kappa shape index (κ2) is 5.77. The molecule has 0 unspecified atom stereocenters. The van der Waals surface area contributed by atoms with Crippen LogP contribution in [-0.4, -0.2) is 21.5 Å². The minimum atomic E-state index is -0.0864. The van der Waals surface area contributed by atoms with E-state index in [1.807, 2.05) is 35.9 Å². The first kappa shape index (κ1) is 15.4. The van der Waals surface area contributed by atoms with E-state index in [0.717, 1.165) is 27.6 Å². The van der Waals surface area contributed by atoms with Gasteiger partial charge in [-0.1, -0.05) is 23.8 Å². The zero-order valence-corrected chi connectivity index (χ0v) is 14.5. The number of rotatable bonds is 3. The number of hydrogen-bond acceptors (Lipinski definition) is 3. The van der Waals surface area contributed by atoms with Crippen molar-refractivity contribution in [3.63, 3.8) is 0 Å². The normalized spacial score (nSPS) is 11.3. The molecule has 0 amide bonds. The van der Waals surface area contributed by atoms with Crippen molar-refractivity contribution in [2.45, 2.75) is 13.5 Å². The van der Waals surface area contributed by atoms with Crippen molar-refractivity contribution in [2.75, 3.05) is 7.11 Å². The number of benzene rings is 2. The Morgan fingerprint density at radius 3 is 2.76 bits per heavy atom. The van der Waals surface area contributed by atoms with Crippen LogP contribution in [0.2, 0.25) is 0 Å². The summed E-state index contributed by atoms with van der Waals surface area (Å²) in [6, 6.07) is 13.9. The number of methoxy groups -OCH3 is 1. The number of aromatic nitrogens is 3. The zero-order chi connectivity index (χ0) is 17.6. The molecule has 4 rings (SSSR count). The molecule has 4 aromatic rings. The van der Waals surface area contributed by atoms with E-state index in [2.05, 4.69) is 30.2 Å². The van der Waals surface area contributed by atoms with Crippen LogP contribution in [0.25, 0.3) is 21.8 Å². The van der Waals surface area contributed by atoms with Gasteiger partial charge in [0.05, 0.1) is 19.9 Å². The Kier molecular flexibility index (Phi) is 3.57. The summed E-state index contributed by atoms with van der Waals surface area (Å²) in [5, 5.41) is 6.36. The number of hydrogen-bond donors (Lipinski definition) is 0. The van der Waals surface area contributed by atoms with Crippen LogP contribution >= 0.6 is 0 Å². The van der Waals surface area contributed by atoms with E-state index in [1.165, 1.54) is 10.2 Å². The highest BCUT2D eigenvalue weighted by molar-refractivity contribution is 6.07. The van der Waals surface area contributed by atoms with Gasteiger partial charge in [0.15, 0.2) is 0 Å². The smallest absolute Gasteiger partial charge is 0.291 e. The molecule has 0 aliphatic heterocycles. The van der Waals surface area contributed by atoms with Crippen LogP contribution in [-0.2, 0) is 13.6 Å². The van der Waals surface area contributed by atoms with Crippen molar-refractivity contribution >= 4 is 21.8 Å². The number of nitrogens with zero attached hydrogens (tertiary/aromatic N) is 3. The van der Waals surface area contributed by atoms with Crippen LogP contribution < -0.4 is 10.3 Å². The molecule has 2 heterocycles. The average molecular weight is 333 g/mol. The molecular formula is C20H19N3O2. The molecule has 2 aromatic heterocycles. The summed E-state index contributed by atoms with van der Waals surface area (Å²) in [6.45, 7) is 2.46. The number of ether oxygens (including phenoxy) is 1. The monoisotopic (exact) mass is 333 g/mol. The van der Waals surface area contributed by atoms with Gasteiger partial charge in [0.25, 0.3) is 5.56 Å². The second-order valence-corrected chi connectivity index (χ2v) is 6.30. The van der Waals surface area contributed by atoms with Crippen molar-refractivity contribution in [2.24, 2.45) is 7.05 Å². The lowest BCUT2D eigenvalue weighted by Gasteiger charge is -2.07. The van der Waals surface area contributed by atoms with E-state index in [1.54, 1.807) is 13.3 Å². The SMILES string of the molecule is COc1cccc(Cn2ncc3c4cc(C)ccc4n(C)c3c2=O)c1. The van der Waals surface area contributed by atoms with Gasteiger partial charge in [0.1, 0.15) is 11.3 Å². The second-order valence-electron chi connectivity index (χ2n) is 6.30. The molecule has 0 radical (unpaired) electrons. The van der Waals surface area contributed by atoms with E-state index in [4.69, 9.17) is 4.74 Å². The van der Waals surface area contributed by atoms with E-state index in [9.17, 15) is 4.79 Å². The number of aryl methyl sites for hydroxylation is 2. The summed E-state index contributed by atoms with van der Waals surface area (Å²) in [4.78, 5) is 13.0. The fourth-order valence-corrected chi connectivity index (χ4v) is 3.33. The average Bonchev–Trinajstić information content (AvgIpc) is 2.90. The summed E-state index contributed by atoms with van der Waals surface area (Å²) in [7, 11) is 3.56. The van der Waals surface area contributed by atoms with Gasteiger partial charge in [-0.25, -0.2) is 4.68 Å². The lowest BCUT2D eigenvalue weighted by Crippen LogP contribution is -2.24. The summed E-state index contributed by atoms with van der Waals surface area (Å²) in [5.74, 6) is 0.770. The van der Waals surface area contributed by atoms with Gasteiger partial charge in [-0.15, -0.1) is 0 Å². The lowest BCUT2D eigenvalue weighted by molar-refractivity contribution is 0.414. The van der Waals surface area contributed by atoms with Crippen LogP contribution in [0.3, 0.4) is 0 Å². The highest BCUT2D eigenvalue weighted by Gasteiger charge is 2.14. The summed E-state index contributed by atoms with van der Waals surface area (Å²) >= 11 is 0. The van der Waals surface area contributed by atoms with Crippen molar-refractivity contribution in [1.82, 2.24) is 14.3 Å². The molecule has 126 valence electrons. The van der Waals surface area contributed by atoms with Gasteiger partial charge < -0.3 is 9.30 Å². The van der Waals surface area contributed by atoms with E-state index < -0.39 is 0 Å². The fraction of sp³-hybridized carbons (Fsp3) is 0.200. The van der Waals surface area contributed by atoms with Crippen LogP contribution in [0.5, 0.6) is 5.75 Å². The fourth-order valence-electron chi connectivity index (χ4n) is 3.33. The largest absolute Gasteiger partial charge is 0.497 e. The highest BCUT2D eigenvalue weighted by Crippen LogP contribution is 2.26. The van der Waals surface area contributed by atoms with Gasteiger partial charge in [0, 0.05) is 23.3 Å². The first-order chi connectivity index (χ1) is 12.1. The van der Waals surface area contributed by atoms with Crippen molar-refractivity contribution < 1.29 is 4.74 Å². The topological polar surface area (TPSA) is 49.0 Å². The Morgan fingerprint density at radius 2 is 1.96 bits per heavy atom. The third-order valence-electron chi connectivity index (χ3n) is 4.62. The van der Waals surface area contributed by atoms with Crippen molar-refractivity contribution in [3.05, 3.63) is 70.1 Å². The molecule has 5 heteroatoms. The maximum absolute atomic E-state index is 13.0. The molecule has 0 N–H and O–H groups in total. The van der Waals surface area contributed by atoms with E-state index >= 15 is 0 Å². The van der Waals surface area contributed by atoms with Crippen molar-refractivity contribution in [3.8, 4) is 5.75 Å². The van der Waals surface area contributed by atoms with Gasteiger partial charge in [0.2, 0.25) is 0 Å². The third-order valence-corrected chi connectivity index (χ3v) is 4.62. The van der Waals surface area contributed by atoms with Crippen LogP contribution in [0.4, 0.5) is 0 Å². The first-order valence-electron chi connectivity index (χ1n) is 8.16. The van der Waals surface area contributed by atoms with Gasteiger partial charge in [-0.2, -0.15) is 5.10 Å². The molecule has 0 saturated heterocycles. The van der Waals surface area contributed by atoms with E-state index in [-0.39, 0.29) is 5.56 Å².